The van der Waals surface area contributed by atoms with Gasteiger partial charge in [0.1, 0.15) is 0 Å². The molecule has 1 rings (SSSR count). The second kappa shape index (κ2) is 3.89. The summed E-state index contributed by atoms with van der Waals surface area (Å²) in [6, 6.07) is 0. The van der Waals surface area contributed by atoms with Gasteiger partial charge >= 0.3 is 0 Å². The number of rotatable bonds is 2. The van der Waals surface area contributed by atoms with Gasteiger partial charge in [-0.2, -0.15) is 0 Å². The molecule has 0 saturated heterocycles. The highest BCUT2D eigenvalue weighted by atomic mass is 14.0. The third-order valence-electron chi connectivity index (χ3n) is 1.45. The number of hydrogen-bond donors (Lipinski definition) is 0. The van der Waals surface area contributed by atoms with Crippen LogP contribution in [0.4, 0.5) is 0 Å². The van der Waals surface area contributed by atoms with Crippen molar-refractivity contribution in [3.63, 3.8) is 0 Å². The van der Waals surface area contributed by atoms with Crippen molar-refractivity contribution in [2.24, 2.45) is 0 Å². The lowest BCUT2D eigenvalue weighted by Gasteiger charge is -1.99. The van der Waals surface area contributed by atoms with E-state index in [0.29, 0.717) is 0 Å². The minimum Gasteiger partial charge on any atom is -0.0991 e. The fraction of sp³-hybridized carbons (Fsp3) is 0.200. The highest BCUT2D eigenvalue weighted by Crippen LogP contribution is 2.09. The standard InChI is InChI=1S/C10H12/c1-2-3-7-10-8-5-4-6-9-10/h2-3,5,7-9H,1,4,6H2/b7-3+. The lowest BCUT2D eigenvalue weighted by molar-refractivity contribution is 1.03. The molecule has 0 unspecified atom stereocenters. The molecule has 0 aromatic rings. The smallest absolute Gasteiger partial charge is 0.0300 e. The van der Waals surface area contributed by atoms with E-state index in [9.17, 15) is 0 Å². The lowest BCUT2D eigenvalue weighted by atomic mass is 10.1. The predicted molar refractivity (Wildman–Crippen MR) is 45.8 cm³/mol. The highest BCUT2D eigenvalue weighted by Gasteiger charge is 1.89. The summed E-state index contributed by atoms with van der Waals surface area (Å²) in [6.45, 7) is 3.61. The average Bonchev–Trinajstić information content (AvgIpc) is 2.03. The Morgan fingerprint density at radius 2 is 2.30 bits per heavy atom. The van der Waals surface area contributed by atoms with Gasteiger partial charge in [0, 0.05) is 0 Å². The van der Waals surface area contributed by atoms with Gasteiger partial charge in [0.05, 0.1) is 0 Å². The van der Waals surface area contributed by atoms with E-state index in [1.807, 2.05) is 6.08 Å². The molecule has 0 bridgehead atoms. The number of hydrogen-bond acceptors (Lipinski definition) is 0. The highest BCUT2D eigenvalue weighted by molar-refractivity contribution is 5.33. The maximum atomic E-state index is 3.61. The summed E-state index contributed by atoms with van der Waals surface area (Å²) in [5, 5.41) is 0. The Morgan fingerprint density at radius 1 is 1.40 bits per heavy atom. The molecule has 0 nitrogen and oxygen atoms in total. The van der Waals surface area contributed by atoms with Crippen LogP contribution in [-0.4, -0.2) is 0 Å². The van der Waals surface area contributed by atoms with E-state index in [-0.39, 0.29) is 0 Å². The second-order valence-electron chi connectivity index (χ2n) is 2.28. The Labute approximate surface area is 62.3 Å². The first-order valence-electron chi connectivity index (χ1n) is 3.59. The topological polar surface area (TPSA) is 0 Å². The van der Waals surface area contributed by atoms with Gasteiger partial charge < -0.3 is 0 Å². The minimum absolute atomic E-state index is 1.17. The van der Waals surface area contributed by atoms with Crippen molar-refractivity contribution in [1.29, 1.82) is 0 Å². The largest absolute Gasteiger partial charge is 0.0991 e. The van der Waals surface area contributed by atoms with Crippen LogP contribution in [0.1, 0.15) is 12.8 Å². The van der Waals surface area contributed by atoms with E-state index in [1.165, 1.54) is 18.4 Å². The SMILES string of the molecule is C=C/C=C/C1=CCCC=C1. The fourth-order valence-corrected chi connectivity index (χ4v) is 0.936. The van der Waals surface area contributed by atoms with Gasteiger partial charge in [0.25, 0.3) is 0 Å². The van der Waals surface area contributed by atoms with Gasteiger partial charge in [-0.25, -0.2) is 0 Å². The van der Waals surface area contributed by atoms with Gasteiger partial charge in [0.15, 0.2) is 0 Å². The van der Waals surface area contributed by atoms with Gasteiger partial charge in [-0.1, -0.05) is 43.0 Å². The van der Waals surface area contributed by atoms with Crippen molar-refractivity contribution < 1.29 is 0 Å². The van der Waals surface area contributed by atoms with E-state index in [0.717, 1.165) is 0 Å². The number of allylic oxidation sites excluding steroid dienone is 7. The van der Waals surface area contributed by atoms with Gasteiger partial charge in [0.2, 0.25) is 0 Å². The van der Waals surface area contributed by atoms with E-state index in [1.54, 1.807) is 6.08 Å². The monoisotopic (exact) mass is 132 g/mol. The molecule has 0 heterocycles. The molecular weight excluding hydrogens is 120 g/mol. The fourth-order valence-electron chi connectivity index (χ4n) is 0.936. The molecule has 1 aliphatic rings. The third kappa shape index (κ3) is 2.06. The zero-order valence-electron chi connectivity index (χ0n) is 6.09. The molecule has 1 aliphatic carbocycles. The Balaban J connectivity index is 2.55. The third-order valence-corrected chi connectivity index (χ3v) is 1.45. The molecule has 0 fully saturated rings. The first-order valence-corrected chi connectivity index (χ1v) is 3.59. The van der Waals surface area contributed by atoms with Crippen LogP contribution in [0.15, 0.2) is 48.6 Å². The molecule has 0 amide bonds. The van der Waals surface area contributed by atoms with Crippen molar-refractivity contribution in [3.8, 4) is 0 Å². The van der Waals surface area contributed by atoms with E-state index in [2.05, 4.69) is 30.9 Å². The molecule has 0 saturated carbocycles. The molecule has 0 spiro atoms. The van der Waals surface area contributed by atoms with E-state index in [4.69, 9.17) is 0 Å². The van der Waals surface area contributed by atoms with Gasteiger partial charge in [-0.3, -0.25) is 0 Å². The summed E-state index contributed by atoms with van der Waals surface area (Å²) in [5.41, 5.74) is 1.30. The first-order chi connectivity index (χ1) is 4.93. The second-order valence-corrected chi connectivity index (χ2v) is 2.28. The summed E-state index contributed by atoms with van der Waals surface area (Å²) < 4.78 is 0. The molecular formula is C10H12. The molecule has 52 valence electrons. The maximum absolute atomic E-state index is 3.61. The van der Waals surface area contributed by atoms with Crippen LogP contribution in [0.25, 0.3) is 0 Å². The summed E-state index contributed by atoms with van der Waals surface area (Å²) in [7, 11) is 0. The Morgan fingerprint density at radius 3 is 2.90 bits per heavy atom. The van der Waals surface area contributed by atoms with Crippen molar-refractivity contribution in [2.75, 3.05) is 0 Å². The molecule has 0 aliphatic heterocycles. The average molecular weight is 132 g/mol. The molecule has 0 aromatic heterocycles. The van der Waals surface area contributed by atoms with Crippen LogP contribution in [0.2, 0.25) is 0 Å². The first kappa shape index (κ1) is 7.07. The Hall–Kier alpha value is -1.04. The van der Waals surface area contributed by atoms with Crippen molar-refractivity contribution >= 4 is 0 Å². The summed E-state index contributed by atoms with van der Waals surface area (Å²) in [5.74, 6) is 0. The van der Waals surface area contributed by atoms with Crippen LogP contribution >= 0.6 is 0 Å². The van der Waals surface area contributed by atoms with Crippen LogP contribution < -0.4 is 0 Å². The van der Waals surface area contributed by atoms with Crippen molar-refractivity contribution in [2.45, 2.75) is 12.8 Å². The molecule has 0 heteroatoms. The van der Waals surface area contributed by atoms with E-state index < -0.39 is 0 Å². The maximum Gasteiger partial charge on any atom is -0.0300 e. The van der Waals surface area contributed by atoms with Gasteiger partial charge in [-0.15, -0.1) is 0 Å². The van der Waals surface area contributed by atoms with Gasteiger partial charge in [-0.05, 0) is 18.4 Å². The van der Waals surface area contributed by atoms with E-state index >= 15 is 0 Å². The quantitative estimate of drug-likeness (QED) is 0.507. The van der Waals surface area contributed by atoms with Crippen molar-refractivity contribution in [1.82, 2.24) is 0 Å². The molecule has 0 radical (unpaired) electrons. The van der Waals surface area contributed by atoms with Crippen LogP contribution in [0.3, 0.4) is 0 Å². The van der Waals surface area contributed by atoms with Crippen molar-refractivity contribution in [3.05, 3.63) is 48.6 Å². The zero-order valence-corrected chi connectivity index (χ0v) is 6.09. The minimum atomic E-state index is 1.17. The van der Waals surface area contributed by atoms with Crippen LogP contribution in [0.5, 0.6) is 0 Å². The molecule has 0 aromatic carbocycles. The Kier molecular flexibility index (Phi) is 2.75. The lowest BCUT2D eigenvalue weighted by Crippen LogP contribution is -1.78. The summed E-state index contributed by atoms with van der Waals surface area (Å²) >= 11 is 0. The van der Waals surface area contributed by atoms with Crippen LogP contribution in [0, 0.1) is 0 Å². The predicted octanol–water partition coefficient (Wildman–Crippen LogP) is 3.01. The Bertz CT molecular complexity index is 192. The zero-order chi connectivity index (χ0) is 7.23. The summed E-state index contributed by atoms with van der Waals surface area (Å²) in [4.78, 5) is 0. The molecule has 0 N–H and O–H groups in total. The molecule has 10 heavy (non-hydrogen) atoms. The van der Waals surface area contributed by atoms with Crippen LogP contribution in [-0.2, 0) is 0 Å². The summed E-state index contributed by atoms with van der Waals surface area (Å²) in [6.07, 6.45) is 14.8. The normalized spacial score (nSPS) is 17.4. The molecule has 0 atom stereocenters.